The molecule has 22 heavy (non-hydrogen) atoms. The number of anilines is 1. The van der Waals surface area contributed by atoms with Crippen molar-refractivity contribution in [1.82, 2.24) is 9.78 Å². The maximum atomic E-state index is 12.5. The van der Waals surface area contributed by atoms with Crippen molar-refractivity contribution in [3.63, 3.8) is 0 Å². The number of para-hydroxylation sites is 1. The van der Waals surface area contributed by atoms with Gasteiger partial charge in [0, 0.05) is 30.7 Å². The number of nitrogens with zero attached hydrogens (tertiary/aromatic N) is 3. The molecule has 0 aliphatic carbocycles. The highest BCUT2D eigenvalue weighted by Gasteiger charge is 2.12. The number of amides is 1. The number of aromatic nitrogens is 2. The molecule has 2 aromatic carbocycles. The van der Waals surface area contributed by atoms with Gasteiger partial charge in [0.2, 0.25) is 0 Å². The van der Waals surface area contributed by atoms with Crippen LogP contribution in [-0.4, -0.2) is 22.7 Å². The van der Waals surface area contributed by atoms with Crippen molar-refractivity contribution in [3.05, 3.63) is 84.2 Å². The first-order valence-corrected chi connectivity index (χ1v) is 7.13. The zero-order chi connectivity index (χ0) is 15.4. The highest BCUT2D eigenvalue weighted by atomic mass is 16.2. The Kier molecular flexibility index (Phi) is 4.01. The molecule has 1 amide bonds. The molecule has 3 rings (SSSR count). The fraction of sp³-hybridized carbons (Fsp3) is 0.111. The van der Waals surface area contributed by atoms with E-state index in [0.717, 1.165) is 11.3 Å². The van der Waals surface area contributed by atoms with Gasteiger partial charge >= 0.3 is 0 Å². The minimum Gasteiger partial charge on any atom is -0.311 e. The van der Waals surface area contributed by atoms with Gasteiger partial charge < -0.3 is 4.90 Å². The van der Waals surface area contributed by atoms with Crippen LogP contribution in [0.3, 0.4) is 0 Å². The molecule has 1 aromatic heterocycles. The lowest BCUT2D eigenvalue weighted by atomic mass is 10.1. The second kappa shape index (κ2) is 6.26. The number of carbonyl (C=O) groups excluding carboxylic acids is 1. The maximum absolute atomic E-state index is 12.5. The van der Waals surface area contributed by atoms with Crippen LogP contribution in [0.15, 0.2) is 73.1 Å². The van der Waals surface area contributed by atoms with Crippen molar-refractivity contribution in [1.29, 1.82) is 0 Å². The molecule has 1 heterocycles. The number of hydrogen-bond donors (Lipinski definition) is 0. The first-order chi connectivity index (χ1) is 10.7. The second-order valence-corrected chi connectivity index (χ2v) is 5.10. The van der Waals surface area contributed by atoms with Crippen LogP contribution in [0.4, 0.5) is 5.69 Å². The molecule has 0 spiro atoms. The van der Waals surface area contributed by atoms with Crippen molar-refractivity contribution in [3.8, 4) is 0 Å². The average molecular weight is 291 g/mol. The molecule has 0 saturated carbocycles. The molecule has 0 radical (unpaired) electrons. The van der Waals surface area contributed by atoms with E-state index >= 15 is 0 Å². The summed E-state index contributed by atoms with van der Waals surface area (Å²) in [5.74, 6) is -0.0168. The fourth-order valence-electron chi connectivity index (χ4n) is 2.30. The van der Waals surface area contributed by atoms with E-state index in [9.17, 15) is 4.79 Å². The maximum Gasteiger partial charge on any atom is 0.258 e. The minimum absolute atomic E-state index is 0.0168. The van der Waals surface area contributed by atoms with Gasteiger partial charge in [-0.05, 0) is 35.9 Å². The van der Waals surface area contributed by atoms with Gasteiger partial charge in [0.25, 0.3) is 5.91 Å². The summed E-state index contributed by atoms with van der Waals surface area (Å²) in [4.78, 5) is 14.1. The molecular weight excluding hydrogens is 274 g/mol. The lowest BCUT2D eigenvalue weighted by Gasteiger charge is -2.17. The van der Waals surface area contributed by atoms with Gasteiger partial charge in [-0.1, -0.05) is 30.3 Å². The highest BCUT2D eigenvalue weighted by Crippen LogP contribution is 2.15. The van der Waals surface area contributed by atoms with Crippen molar-refractivity contribution in [2.75, 3.05) is 11.9 Å². The van der Waals surface area contributed by atoms with Crippen molar-refractivity contribution in [2.24, 2.45) is 0 Å². The van der Waals surface area contributed by atoms with Gasteiger partial charge in [0.1, 0.15) is 0 Å². The van der Waals surface area contributed by atoms with E-state index in [1.165, 1.54) is 0 Å². The molecule has 0 aliphatic rings. The molecule has 4 nitrogen and oxygen atoms in total. The lowest BCUT2D eigenvalue weighted by Crippen LogP contribution is -2.26. The Labute approximate surface area is 129 Å². The predicted octanol–water partition coefficient (Wildman–Crippen LogP) is 3.21. The van der Waals surface area contributed by atoms with Crippen LogP contribution in [0.1, 0.15) is 15.9 Å². The van der Waals surface area contributed by atoms with Gasteiger partial charge in [0.15, 0.2) is 0 Å². The summed E-state index contributed by atoms with van der Waals surface area (Å²) in [6.07, 6.45) is 3.68. The Balaban J connectivity index is 1.73. The molecular formula is C18H17N3O. The van der Waals surface area contributed by atoms with Gasteiger partial charge in [-0.15, -0.1) is 0 Å². The third-order valence-electron chi connectivity index (χ3n) is 3.55. The van der Waals surface area contributed by atoms with Crippen molar-refractivity contribution >= 4 is 11.6 Å². The van der Waals surface area contributed by atoms with E-state index in [-0.39, 0.29) is 5.91 Å². The minimum atomic E-state index is -0.0168. The van der Waals surface area contributed by atoms with Crippen LogP contribution in [0, 0.1) is 0 Å². The van der Waals surface area contributed by atoms with Gasteiger partial charge in [-0.25, -0.2) is 0 Å². The third-order valence-corrected chi connectivity index (χ3v) is 3.55. The number of rotatable bonds is 4. The quantitative estimate of drug-likeness (QED) is 0.740. The summed E-state index contributed by atoms with van der Waals surface area (Å²) >= 11 is 0. The zero-order valence-electron chi connectivity index (χ0n) is 12.4. The van der Waals surface area contributed by atoms with Crippen LogP contribution in [0.5, 0.6) is 0 Å². The highest BCUT2D eigenvalue weighted by molar-refractivity contribution is 6.05. The Hall–Kier alpha value is -2.88. The topological polar surface area (TPSA) is 38.1 Å². The van der Waals surface area contributed by atoms with Crippen LogP contribution in [0.25, 0.3) is 0 Å². The molecule has 0 aliphatic heterocycles. The molecule has 3 aromatic rings. The Morgan fingerprint density at radius 3 is 2.41 bits per heavy atom. The Bertz CT molecular complexity index is 734. The molecule has 0 N–H and O–H groups in total. The smallest absolute Gasteiger partial charge is 0.258 e. The molecule has 0 fully saturated rings. The normalized spacial score (nSPS) is 10.4. The van der Waals surface area contributed by atoms with Crippen LogP contribution >= 0.6 is 0 Å². The monoisotopic (exact) mass is 291 g/mol. The van der Waals surface area contributed by atoms with Crippen LogP contribution < -0.4 is 4.90 Å². The SMILES string of the molecule is CN(C(=O)c1ccc(Cn2cccn2)cc1)c1ccccc1. The third kappa shape index (κ3) is 3.06. The summed E-state index contributed by atoms with van der Waals surface area (Å²) in [6.45, 7) is 0.704. The van der Waals surface area contributed by atoms with E-state index in [0.29, 0.717) is 12.1 Å². The number of carbonyl (C=O) groups is 1. The predicted molar refractivity (Wildman–Crippen MR) is 86.9 cm³/mol. The van der Waals surface area contributed by atoms with Crippen LogP contribution in [-0.2, 0) is 6.54 Å². The van der Waals surface area contributed by atoms with Gasteiger partial charge in [-0.3, -0.25) is 9.48 Å². The molecule has 0 saturated heterocycles. The molecule has 4 heteroatoms. The molecule has 0 unspecified atom stereocenters. The lowest BCUT2D eigenvalue weighted by molar-refractivity contribution is 0.0993. The largest absolute Gasteiger partial charge is 0.311 e. The first-order valence-electron chi connectivity index (χ1n) is 7.13. The van der Waals surface area contributed by atoms with Crippen LogP contribution in [0.2, 0.25) is 0 Å². The average Bonchev–Trinajstić information content (AvgIpc) is 3.08. The van der Waals surface area contributed by atoms with Crippen molar-refractivity contribution < 1.29 is 4.79 Å². The number of hydrogen-bond acceptors (Lipinski definition) is 2. The number of benzene rings is 2. The summed E-state index contributed by atoms with van der Waals surface area (Å²) < 4.78 is 1.85. The van der Waals surface area contributed by atoms with E-state index < -0.39 is 0 Å². The standard InChI is InChI=1S/C18H17N3O/c1-20(17-6-3-2-4-7-17)18(22)16-10-8-15(9-11-16)14-21-13-5-12-19-21/h2-13H,14H2,1H3. The zero-order valence-corrected chi connectivity index (χ0v) is 12.4. The van der Waals surface area contributed by atoms with Crippen molar-refractivity contribution in [2.45, 2.75) is 6.54 Å². The summed E-state index contributed by atoms with van der Waals surface area (Å²) in [5.41, 5.74) is 2.67. The van der Waals surface area contributed by atoms with E-state index in [4.69, 9.17) is 0 Å². The molecule has 0 bridgehead atoms. The Morgan fingerprint density at radius 2 is 1.77 bits per heavy atom. The van der Waals surface area contributed by atoms with E-state index in [1.54, 1.807) is 18.1 Å². The van der Waals surface area contributed by atoms with Gasteiger partial charge in [0.05, 0.1) is 6.54 Å². The summed E-state index contributed by atoms with van der Waals surface area (Å²) in [6, 6.07) is 19.2. The van der Waals surface area contributed by atoms with E-state index in [2.05, 4.69) is 5.10 Å². The van der Waals surface area contributed by atoms with E-state index in [1.807, 2.05) is 71.5 Å². The van der Waals surface area contributed by atoms with Gasteiger partial charge in [-0.2, -0.15) is 5.10 Å². The Morgan fingerprint density at radius 1 is 1.05 bits per heavy atom. The molecule has 110 valence electrons. The second-order valence-electron chi connectivity index (χ2n) is 5.10. The first kappa shape index (κ1) is 14.1. The fourth-order valence-corrected chi connectivity index (χ4v) is 2.30. The summed E-state index contributed by atoms with van der Waals surface area (Å²) in [5, 5.41) is 4.18. The summed E-state index contributed by atoms with van der Waals surface area (Å²) in [7, 11) is 1.79. The molecule has 0 atom stereocenters.